The molecule has 1 aromatic rings. The summed E-state index contributed by atoms with van der Waals surface area (Å²) in [5.41, 5.74) is 0.187. The van der Waals surface area contributed by atoms with Crippen molar-refractivity contribution in [2.45, 2.75) is 45.8 Å². The fourth-order valence-electron chi connectivity index (χ4n) is 2.40. The van der Waals surface area contributed by atoms with Gasteiger partial charge in [-0.05, 0) is 36.9 Å². The Morgan fingerprint density at radius 1 is 1.21 bits per heavy atom. The Balaban J connectivity index is 2.76. The second kappa shape index (κ2) is 6.94. The highest BCUT2D eigenvalue weighted by molar-refractivity contribution is 5.26. The van der Waals surface area contributed by atoms with Crippen LogP contribution in [-0.4, -0.2) is 12.6 Å². The van der Waals surface area contributed by atoms with Gasteiger partial charge < -0.3 is 5.32 Å². The predicted molar refractivity (Wildman–Crippen MR) is 72.1 cm³/mol. The smallest absolute Gasteiger partial charge is 0.314 e. The Hall–Kier alpha value is -1.03. The molecule has 0 aliphatic carbocycles. The summed E-state index contributed by atoms with van der Waals surface area (Å²) in [4.78, 5) is 0. The molecule has 1 rings (SSSR count). The third kappa shape index (κ3) is 4.86. The van der Waals surface area contributed by atoms with E-state index in [4.69, 9.17) is 0 Å². The van der Waals surface area contributed by atoms with E-state index >= 15 is 0 Å². The Labute approximate surface area is 113 Å². The molecule has 0 heterocycles. The zero-order chi connectivity index (χ0) is 14.5. The van der Waals surface area contributed by atoms with E-state index in [0.717, 1.165) is 24.6 Å². The maximum atomic E-state index is 12.6. The number of hydrogen-bond donors (Lipinski definition) is 1. The molecule has 0 aliphatic rings. The Morgan fingerprint density at radius 2 is 1.89 bits per heavy atom. The molecule has 0 spiro atoms. The van der Waals surface area contributed by atoms with Crippen molar-refractivity contribution in [3.05, 3.63) is 35.4 Å². The van der Waals surface area contributed by atoms with Crippen molar-refractivity contribution in [3.63, 3.8) is 0 Å². The first-order valence-corrected chi connectivity index (χ1v) is 6.78. The molecule has 0 aliphatic heterocycles. The van der Waals surface area contributed by atoms with Gasteiger partial charge in [-0.3, -0.25) is 0 Å². The number of hydrogen-bond acceptors (Lipinski definition) is 1. The number of rotatable bonds is 6. The molecule has 108 valence electrons. The summed E-state index contributed by atoms with van der Waals surface area (Å²) in [6.07, 6.45) is -2.62. The van der Waals surface area contributed by atoms with E-state index in [1.165, 1.54) is 12.1 Å². The lowest BCUT2D eigenvalue weighted by atomic mass is 9.91. The van der Waals surface area contributed by atoms with Gasteiger partial charge in [0, 0.05) is 6.04 Å². The summed E-state index contributed by atoms with van der Waals surface area (Å²) in [5, 5.41) is 3.37. The van der Waals surface area contributed by atoms with E-state index in [1.54, 1.807) is 6.07 Å². The van der Waals surface area contributed by atoms with Crippen molar-refractivity contribution in [3.8, 4) is 0 Å². The molecule has 19 heavy (non-hydrogen) atoms. The van der Waals surface area contributed by atoms with Crippen LogP contribution in [0.15, 0.2) is 24.3 Å². The van der Waals surface area contributed by atoms with Crippen LogP contribution in [0, 0.1) is 5.92 Å². The second-order valence-electron chi connectivity index (χ2n) is 4.95. The van der Waals surface area contributed by atoms with Crippen molar-refractivity contribution in [2.24, 2.45) is 5.92 Å². The van der Waals surface area contributed by atoms with Crippen LogP contribution in [-0.2, 0) is 12.6 Å². The van der Waals surface area contributed by atoms with Crippen molar-refractivity contribution in [2.75, 3.05) is 6.54 Å². The maximum absolute atomic E-state index is 12.6. The molecule has 2 atom stereocenters. The fourth-order valence-corrected chi connectivity index (χ4v) is 2.40. The quantitative estimate of drug-likeness (QED) is 0.816. The monoisotopic (exact) mass is 273 g/mol. The molecule has 1 N–H and O–H groups in total. The lowest BCUT2D eigenvalue weighted by Gasteiger charge is -2.23. The highest BCUT2D eigenvalue weighted by Crippen LogP contribution is 2.30. The largest absolute Gasteiger partial charge is 0.416 e. The van der Waals surface area contributed by atoms with E-state index in [2.05, 4.69) is 19.2 Å². The molecule has 0 aromatic heterocycles. The lowest BCUT2D eigenvalue weighted by Crippen LogP contribution is -2.35. The molecular formula is C15H22F3N. The standard InChI is InChI=1S/C15H22F3N/c1-4-14(19-5-2)11(3)9-12-7-6-8-13(10-12)15(16,17)18/h6-8,10-11,14,19H,4-5,9H2,1-3H3. The molecular weight excluding hydrogens is 251 g/mol. The summed E-state index contributed by atoms with van der Waals surface area (Å²) in [5.74, 6) is 0.313. The van der Waals surface area contributed by atoms with Gasteiger partial charge in [0.15, 0.2) is 0 Å². The van der Waals surface area contributed by atoms with Gasteiger partial charge >= 0.3 is 6.18 Å². The van der Waals surface area contributed by atoms with Crippen LogP contribution in [0.2, 0.25) is 0 Å². The van der Waals surface area contributed by atoms with Gasteiger partial charge in [-0.15, -0.1) is 0 Å². The van der Waals surface area contributed by atoms with Gasteiger partial charge in [-0.1, -0.05) is 39.0 Å². The average molecular weight is 273 g/mol. The molecule has 1 aromatic carbocycles. The van der Waals surface area contributed by atoms with Gasteiger partial charge in [-0.2, -0.15) is 13.2 Å². The topological polar surface area (TPSA) is 12.0 Å². The van der Waals surface area contributed by atoms with Crippen molar-refractivity contribution >= 4 is 0 Å². The second-order valence-corrected chi connectivity index (χ2v) is 4.95. The van der Waals surface area contributed by atoms with E-state index in [1.807, 2.05) is 6.92 Å². The van der Waals surface area contributed by atoms with Gasteiger partial charge in [0.2, 0.25) is 0 Å². The van der Waals surface area contributed by atoms with Gasteiger partial charge in [0.05, 0.1) is 5.56 Å². The Bertz CT molecular complexity index is 387. The molecule has 0 radical (unpaired) electrons. The minimum Gasteiger partial charge on any atom is -0.314 e. The molecule has 0 saturated carbocycles. The fraction of sp³-hybridized carbons (Fsp3) is 0.600. The zero-order valence-electron chi connectivity index (χ0n) is 11.7. The number of nitrogens with one attached hydrogen (secondary N) is 1. The molecule has 1 nitrogen and oxygen atoms in total. The van der Waals surface area contributed by atoms with E-state index in [0.29, 0.717) is 18.4 Å². The highest BCUT2D eigenvalue weighted by atomic mass is 19.4. The minimum absolute atomic E-state index is 0.313. The molecule has 0 amide bonds. The van der Waals surface area contributed by atoms with E-state index in [-0.39, 0.29) is 0 Å². The van der Waals surface area contributed by atoms with Crippen molar-refractivity contribution < 1.29 is 13.2 Å². The molecule has 0 saturated heterocycles. The third-order valence-electron chi connectivity index (χ3n) is 3.41. The first kappa shape index (κ1) is 16.0. The van der Waals surface area contributed by atoms with Crippen LogP contribution in [0.1, 0.15) is 38.3 Å². The van der Waals surface area contributed by atoms with Crippen molar-refractivity contribution in [1.82, 2.24) is 5.32 Å². The number of benzene rings is 1. The molecule has 0 fully saturated rings. The van der Waals surface area contributed by atoms with Gasteiger partial charge in [0.1, 0.15) is 0 Å². The Morgan fingerprint density at radius 3 is 2.42 bits per heavy atom. The first-order chi connectivity index (χ1) is 8.88. The SMILES string of the molecule is CCNC(CC)C(C)Cc1cccc(C(F)(F)F)c1. The Kier molecular flexibility index (Phi) is 5.85. The van der Waals surface area contributed by atoms with Crippen LogP contribution in [0.25, 0.3) is 0 Å². The van der Waals surface area contributed by atoms with Gasteiger partial charge in [0.25, 0.3) is 0 Å². The summed E-state index contributed by atoms with van der Waals surface area (Å²) in [6, 6.07) is 5.98. The highest BCUT2D eigenvalue weighted by Gasteiger charge is 2.30. The lowest BCUT2D eigenvalue weighted by molar-refractivity contribution is -0.137. The number of alkyl halides is 3. The van der Waals surface area contributed by atoms with Crippen LogP contribution >= 0.6 is 0 Å². The summed E-state index contributed by atoms with van der Waals surface area (Å²) >= 11 is 0. The number of halogens is 3. The predicted octanol–water partition coefficient (Wildman–Crippen LogP) is 4.27. The summed E-state index contributed by atoms with van der Waals surface area (Å²) < 4.78 is 37.9. The first-order valence-electron chi connectivity index (χ1n) is 6.78. The average Bonchev–Trinajstić information content (AvgIpc) is 2.35. The van der Waals surface area contributed by atoms with Crippen LogP contribution in [0.3, 0.4) is 0 Å². The minimum atomic E-state index is -4.26. The summed E-state index contributed by atoms with van der Waals surface area (Å²) in [6.45, 7) is 7.10. The van der Waals surface area contributed by atoms with E-state index < -0.39 is 11.7 Å². The van der Waals surface area contributed by atoms with Crippen LogP contribution < -0.4 is 5.32 Å². The molecule has 2 unspecified atom stereocenters. The van der Waals surface area contributed by atoms with Crippen LogP contribution in [0.5, 0.6) is 0 Å². The van der Waals surface area contributed by atoms with E-state index in [9.17, 15) is 13.2 Å². The van der Waals surface area contributed by atoms with Crippen molar-refractivity contribution in [1.29, 1.82) is 0 Å². The maximum Gasteiger partial charge on any atom is 0.416 e. The summed E-state index contributed by atoms with van der Waals surface area (Å²) in [7, 11) is 0. The third-order valence-corrected chi connectivity index (χ3v) is 3.41. The normalized spacial score (nSPS) is 15.3. The van der Waals surface area contributed by atoms with Gasteiger partial charge in [-0.25, -0.2) is 0 Å². The molecule has 4 heteroatoms. The zero-order valence-corrected chi connectivity index (χ0v) is 11.7. The van der Waals surface area contributed by atoms with Crippen LogP contribution in [0.4, 0.5) is 13.2 Å². The molecule has 0 bridgehead atoms.